The van der Waals surface area contributed by atoms with Crippen LogP contribution in [0.15, 0.2) is 11.0 Å². The van der Waals surface area contributed by atoms with E-state index in [1.165, 1.54) is 11.8 Å². The van der Waals surface area contributed by atoms with Gasteiger partial charge in [0.05, 0.1) is 4.90 Å². The van der Waals surface area contributed by atoms with Crippen LogP contribution in [0.1, 0.15) is 45.6 Å². The average Bonchev–Trinajstić information content (AvgIpc) is 2.80. The van der Waals surface area contributed by atoms with Gasteiger partial charge >= 0.3 is 0 Å². The molecule has 22 heavy (non-hydrogen) atoms. The Hall–Kier alpha value is -1.30. The molecule has 1 heterocycles. The molecular formula is C16H26N2O3S. The summed E-state index contributed by atoms with van der Waals surface area (Å²) < 4.78 is 1.63. The van der Waals surface area contributed by atoms with Crippen LogP contribution in [0, 0.1) is 11.8 Å². The van der Waals surface area contributed by atoms with Crippen molar-refractivity contribution in [2.24, 2.45) is 11.8 Å². The number of thioether (sulfide) groups is 1. The number of nitrogens with zero attached hydrogens (tertiary/aromatic N) is 1. The van der Waals surface area contributed by atoms with Crippen molar-refractivity contribution in [3.8, 4) is 11.8 Å². The summed E-state index contributed by atoms with van der Waals surface area (Å²) in [6.45, 7) is 4.05. The van der Waals surface area contributed by atoms with Gasteiger partial charge < -0.3 is 15.5 Å². The normalized spacial score (nSPS) is 23.2. The van der Waals surface area contributed by atoms with E-state index in [1.54, 1.807) is 17.7 Å². The highest BCUT2D eigenvalue weighted by atomic mass is 32.2. The van der Waals surface area contributed by atoms with Gasteiger partial charge in [0, 0.05) is 25.1 Å². The molecule has 1 aliphatic rings. The van der Waals surface area contributed by atoms with E-state index < -0.39 is 0 Å². The fourth-order valence-corrected chi connectivity index (χ4v) is 4.15. The van der Waals surface area contributed by atoms with Gasteiger partial charge in [0.2, 0.25) is 11.8 Å². The molecule has 1 unspecified atom stereocenters. The lowest BCUT2D eigenvalue weighted by Gasteiger charge is -2.32. The van der Waals surface area contributed by atoms with E-state index in [9.17, 15) is 15.0 Å². The summed E-state index contributed by atoms with van der Waals surface area (Å²) in [5, 5.41) is 23.2. The highest BCUT2D eigenvalue weighted by molar-refractivity contribution is 7.99. The smallest absolute Gasteiger partial charge is 0.222 e. The number of nitrogens with one attached hydrogen (secondary N) is 1. The van der Waals surface area contributed by atoms with Gasteiger partial charge in [-0.1, -0.05) is 6.92 Å². The second-order valence-corrected chi connectivity index (χ2v) is 7.27. The topological polar surface area (TPSA) is 74.5 Å². The Labute approximate surface area is 136 Å². The first kappa shape index (κ1) is 17.1. The molecule has 124 valence electrons. The second kappa shape index (κ2) is 7.31. The van der Waals surface area contributed by atoms with Crippen molar-refractivity contribution in [1.82, 2.24) is 9.88 Å². The van der Waals surface area contributed by atoms with Crippen molar-refractivity contribution < 1.29 is 15.0 Å². The predicted molar refractivity (Wildman–Crippen MR) is 88.4 cm³/mol. The lowest BCUT2D eigenvalue weighted by molar-refractivity contribution is -0.125. The van der Waals surface area contributed by atoms with Crippen LogP contribution >= 0.6 is 11.8 Å². The number of amides is 1. The van der Waals surface area contributed by atoms with Crippen molar-refractivity contribution in [1.29, 1.82) is 0 Å². The summed E-state index contributed by atoms with van der Waals surface area (Å²) in [5.41, 5.74) is 0. The van der Waals surface area contributed by atoms with Crippen LogP contribution in [-0.2, 0) is 4.79 Å². The molecule has 1 amide bonds. The molecule has 0 saturated heterocycles. The van der Waals surface area contributed by atoms with Gasteiger partial charge in [-0.3, -0.25) is 9.36 Å². The molecule has 3 N–H and O–H groups in total. The van der Waals surface area contributed by atoms with Crippen molar-refractivity contribution in [3.63, 3.8) is 0 Å². The molecule has 1 aromatic rings. The average molecular weight is 326 g/mol. The molecular weight excluding hydrogens is 300 g/mol. The van der Waals surface area contributed by atoms with Gasteiger partial charge in [-0.05, 0) is 44.3 Å². The third kappa shape index (κ3) is 3.37. The Morgan fingerprint density at radius 2 is 2.05 bits per heavy atom. The number of carbonyl (C=O) groups excluding carboxylic acids is 1. The van der Waals surface area contributed by atoms with E-state index in [2.05, 4.69) is 5.32 Å². The molecule has 0 aromatic carbocycles. The largest absolute Gasteiger partial charge is 0.494 e. The number of aromatic hydroxyl groups is 2. The van der Waals surface area contributed by atoms with E-state index in [-0.39, 0.29) is 29.6 Å². The fourth-order valence-electron chi connectivity index (χ4n) is 3.42. The number of aromatic nitrogens is 1. The third-order valence-corrected chi connectivity index (χ3v) is 5.63. The minimum Gasteiger partial charge on any atom is -0.494 e. The second-order valence-electron chi connectivity index (χ2n) is 5.96. The van der Waals surface area contributed by atoms with Crippen molar-refractivity contribution in [2.75, 3.05) is 12.8 Å². The zero-order valence-electron chi connectivity index (χ0n) is 13.5. The molecule has 0 bridgehead atoms. The maximum Gasteiger partial charge on any atom is 0.222 e. The van der Waals surface area contributed by atoms with Gasteiger partial charge in [-0.2, -0.15) is 0 Å². The Morgan fingerprint density at radius 1 is 1.41 bits per heavy atom. The summed E-state index contributed by atoms with van der Waals surface area (Å²) in [6, 6.07) is 1.66. The van der Waals surface area contributed by atoms with E-state index >= 15 is 0 Å². The van der Waals surface area contributed by atoms with Crippen LogP contribution < -0.4 is 5.32 Å². The number of hydrogen-bond donors (Lipinski definition) is 3. The van der Waals surface area contributed by atoms with Gasteiger partial charge in [-0.25, -0.2) is 0 Å². The maximum absolute atomic E-state index is 11.7. The zero-order valence-corrected chi connectivity index (χ0v) is 14.3. The van der Waals surface area contributed by atoms with Gasteiger partial charge in [0.1, 0.15) is 0 Å². The SMILES string of the molecule is CCSc1cc(O)n(C(C)C2CCC(C(=O)NC)CC2)c1O. The van der Waals surface area contributed by atoms with Crippen molar-refractivity contribution in [3.05, 3.63) is 6.07 Å². The van der Waals surface area contributed by atoms with Crippen LogP contribution in [0.2, 0.25) is 0 Å². The highest BCUT2D eigenvalue weighted by Gasteiger charge is 2.31. The first-order valence-corrected chi connectivity index (χ1v) is 8.95. The summed E-state index contributed by atoms with van der Waals surface area (Å²) in [7, 11) is 1.68. The molecule has 0 spiro atoms. The Morgan fingerprint density at radius 3 is 2.59 bits per heavy atom. The molecule has 6 heteroatoms. The van der Waals surface area contributed by atoms with Gasteiger partial charge in [0.15, 0.2) is 5.88 Å². The highest BCUT2D eigenvalue weighted by Crippen LogP contribution is 2.43. The van der Waals surface area contributed by atoms with E-state index in [0.29, 0.717) is 5.92 Å². The summed E-state index contributed by atoms with van der Waals surface area (Å²) in [4.78, 5) is 12.4. The van der Waals surface area contributed by atoms with Crippen molar-refractivity contribution in [2.45, 2.75) is 50.5 Å². The zero-order chi connectivity index (χ0) is 16.3. The van der Waals surface area contributed by atoms with E-state index in [1.807, 2.05) is 13.8 Å². The monoisotopic (exact) mass is 326 g/mol. The molecule has 0 aliphatic heterocycles. The molecule has 1 saturated carbocycles. The van der Waals surface area contributed by atoms with Crippen LogP contribution in [0.5, 0.6) is 11.8 Å². The third-order valence-electron chi connectivity index (χ3n) is 4.73. The van der Waals surface area contributed by atoms with Crippen LogP contribution in [0.4, 0.5) is 0 Å². The van der Waals surface area contributed by atoms with Gasteiger partial charge in [0.25, 0.3) is 0 Å². The molecule has 1 aromatic heterocycles. The molecule has 1 atom stereocenters. The van der Waals surface area contributed by atoms with E-state index in [0.717, 1.165) is 36.3 Å². The number of rotatable bonds is 5. The maximum atomic E-state index is 11.7. The Bertz CT molecular complexity index is 522. The number of hydrogen-bond acceptors (Lipinski definition) is 4. The quantitative estimate of drug-likeness (QED) is 0.727. The van der Waals surface area contributed by atoms with Crippen LogP contribution in [0.25, 0.3) is 0 Å². The lowest BCUT2D eigenvalue weighted by atomic mass is 9.78. The standard InChI is InChI=1S/C16H26N2O3S/c1-4-22-13-9-14(19)18(16(13)21)10(2)11-5-7-12(8-6-11)15(20)17-3/h9-12,19,21H,4-8H2,1-3H3,(H,17,20). The summed E-state index contributed by atoms with van der Waals surface area (Å²) in [5.74, 6) is 1.72. The lowest BCUT2D eigenvalue weighted by Crippen LogP contribution is -2.32. The summed E-state index contributed by atoms with van der Waals surface area (Å²) in [6.07, 6.45) is 3.61. The van der Waals surface area contributed by atoms with E-state index in [4.69, 9.17) is 0 Å². The predicted octanol–water partition coefficient (Wildman–Crippen LogP) is 3.12. The molecule has 2 rings (SSSR count). The minimum atomic E-state index is 0.0249. The Balaban J connectivity index is 2.07. The Kier molecular flexibility index (Phi) is 5.67. The van der Waals surface area contributed by atoms with Crippen LogP contribution in [0.3, 0.4) is 0 Å². The molecule has 0 radical (unpaired) electrons. The molecule has 1 aliphatic carbocycles. The van der Waals surface area contributed by atoms with Gasteiger partial charge in [-0.15, -0.1) is 11.8 Å². The first-order valence-electron chi connectivity index (χ1n) is 7.97. The minimum absolute atomic E-state index is 0.0249. The molecule has 1 fully saturated rings. The fraction of sp³-hybridized carbons (Fsp3) is 0.688. The number of carbonyl (C=O) groups is 1. The molecule has 5 nitrogen and oxygen atoms in total. The summed E-state index contributed by atoms with van der Waals surface area (Å²) >= 11 is 1.52. The van der Waals surface area contributed by atoms with Crippen LogP contribution in [-0.4, -0.2) is 33.5 Å². The van der Waals surface area contributed by atoms with Crippen molar-refractivity contribution >= 4 is 17.7 Å². The first-order chi connectivity index (χ1) is 10.5.